The molecule has 0 saturated heterocycles. The van der Waals surface area contributed by atoms with Crippen molar-refractivity contribution in [3.05, 3.63) is 58.3 Å². The highest BCUT2D eigenvalue weighted by Crippen LogP contribution is 2.29. The van der Waals surface area contributed by atoms with Crippen LogP contribution in [0.2, 0.25) is 0 Å². The first kappa shape index (κ1) is 11.8. The second-order valence-corrected chi connectivity index (χ2v) is 4.25. The zero-order valence-electron chi connectivity index (χ0n) is 8.69. The van der Waals surface area contributed by atoms with Gasteiger partial charge in [0.1, 0.15) is 17.3 Å². The predicted molar refractivity (Wildman–Crippen MR) is 66.0 cm³/mol. The van der Waals surface area contributed by atoms with E-state index in [0.717, 1.165) is 0 Å². The van der Waals surface area contributed by atoms with E-state index in [-0.39, 0.29) is 11.3 Å². The number of carbonyl (C=O) groups is 1. The van der Waals surface area contributed by atoms with Crippen LogP contribution in [0, 0.1) is 5.82 Å². The summed E-state index contributed by atoms with van der Waals surface area (Å²) >= 11 is 3.15. The SMILES string of the molecule is O=Cc1c(F)cc(Br)cc1Oc1ccccc1. The van der Waals surface area contributed by atoms with E-state index in [2.05, 4.69) is 15.9 Å². The van der Waals surface area contributed by atoms with Gasteiger partial charge < -0.3 is 4.74 Å². The molecule has 17 heavy (non-hydrogen) atoms. The van der Waals surface area contributed by atoms with E-state index in [4.69, 9.17) is 4.74 Å². The molecule has 0 N–H and O–H groups in total. The van der Waals surface area contributed by atoms with Crippen molar-refractivity contribution >= 4 is 22.2 Å². The van der Waals surface area contributed by atoms with E-state index >= 15 is 0 Å². The van der Waals surface area contributed by atoms with Crippen molar-refractivity contribution in [3.63, 3.8) is 0 Å². The van der Waals surface area contributed by atoms with Crippen molar-refractivity contribution in [2.45, 2.75) is 0 Å². The molecule has 0 aliphatic heterocycles. The summed E-state index contributed by atoms with van der Waals surface area (Å²) in [5, 5.41) is 0. The van der Waals surface area contributed by atoms with E-state index in [1.165, 1.54) is 6.07 Å². The molecular formula is C13H8BrFO2. The highest BCUT2D eigenvalue weighted by molar-refractivity contribution is 9.10. The van der Waals surface area contributed by atoms with E-state index in [1.54, 1.807) is 30.3 Å². The Kier molecular flexibility index (Phi) is 3.54. The van der Waals surface area contributed by atoms with Crippen LogP contribution in [0.25, 0.3) is 0 Å². The summed E-state index contributed by atoms with van der Waals surface area (Å²) in [6.45, 7) is 0. The quantitative estimate of drug-likeness (QED) is 0.793. The highest BCUT2D eigenvalue weighted by atomic mass is 79.9. The summed E-state index contributed by atoms with van der Waals surface area (Å²) in [6, 6.07) is 11.7. The van der Waals surface area contributed by atoms with Crippen molar-refractivity contribution in [2.75, 3.05) is 0 Å². The molecule has 0 aliphatic carbocycles. The minimum atomic E-state index is -0.611. The predicted octanol–water partition coefficient (Wildman–Crippen LogP) is 4.19. The van der Waals surface area contributed by atoms with Crippen LogP contribution in [-0.4, -0.2) is 6.29 Å². The lowest BCUT2D eigenvalue weighted by Gasteiger charge is -2.09. The van der Waals surface area contributed by atoms with Gasteiger partial charge in [-0.05, 0) is 24.3 Å². The minimum Gasteiger partial charge on any atom is -0.456 e. The van der Waals surface area contributed by atoms with Gasteiger partial charge in [-0.1, -0.05) is 34.1 Å². The second-order valence-electron chi connectivity index (χ2n) is 3.33. The second kappa shape index (κ2) is 5.10. The summed E-state index contributed by atoms with van der Waals surface area (Å²) in [4.78, 5) is 10.8. The van der Waals surface area contributed by atoms with Crippen molar-refractivity contribution in [1.29, 1.82) is 0 Å². The average Bonchev–Trinajstić information content (AvgIpc) is 2.30. The molecule has 0 saturated carbocycles. The van der Waals surface area contributed by atoms with Gasteiger partial charge in [0, 0.05) is 4.47 Å². The van der Waals surface area contributed by atoms with Gasteiger partial charge in [0.15, 0.2) is 6.29 Å². The molecule has 0 aliphatic rings. The standard InChI is InChI=1S/C13H8BrFO2/c14-9-6-12(15)11(8-16)13(7-9)17-10-4-2-1-3-5-10/h1-8H. The topological polar surface area (TPSA) is 26.3 Å². The summed E-state index contributed by atoms with van der Waals surface area (Å²) in [6.07, 6.45) is 0.444. The van der Waals surface area contributed by atoms with Crippen molar-refractivity contribution in [2.24, 2.45) is 0 Å². The molecule has 0 amide bonds. The Hall–Kier alpha value is -1.68. The summed E-state index contributed by atoms with van der Waals surface area (Å²) in [5.41, 5.74) is -0.0861. The molecule has 2 aromatic carbocycles. The number of benzene rings is 2. The summed E-state index contributed by atoms with van der Waals surface area (Å²) < 4.78 is 19.5. The smallest absolute Gasteiger partial charge is 0.156 e. The molecule has 2 aromatic rings. The van der Waals surface area contributed by atoms with E-state index < -0.39 is 5.82 Å². The summed E-state index contributed by atoms with van der Waals surface area (Å²) in [7, 11) is 0. The van der Waals surface area contributed by atoms with Gasteiger partial charge in [0.25, 0.3) is 0 Å². The number of carbonyl (C=O) groups excluding carboxylic acids is 1. The zero-order chi connectivity index (χ0) is 12.3. The zero-order valence-corrected chi connectivity index (χ0v) is 10.3. The van der Waals surface area contributed by atoms with E-state index in [9.17, 15) is 9.18 Å². The molecule has 0 spiro atoms. The molecule has 0 aromatic heterocycles. The first-order valence-corrected chi connectivity index (χ1v) is 5.67. The van der Waals surface area contributed by atoms with Crippen LogP contribution in [0.5, 0.6) is 11.5 Å². The molecule has 4 heteroatoms. The Labute approximate surface area is 106 Å². The van der Waals surface area contributed by atoms with Crippen LogP contribution in [0.15, 0.2) is 46.9 Å². The van der Waals surface area contributed by atoms with Gasteiger partial charge in [0.05, 0.1) is 5.56 Å². The maximum atomic E-state index is 13.5. The fourth-order valence-electron chi connectivity index (χ4n) is 1.38. The van der Waals surface area contributed by atoms with Gasteiger partial charge in [-0.2, -0.15) is 0 Å². The molecule has 0 radical (unpaired) electrons. The molecular weight excluding hydrogens is 287 g/mol. The van der Waals surface area contributed by atoms with Crippen molar-refractivity contribution in [3.8, 4) is 11.5 Å². The molecule has 0 bridgehead atoms. The fourth-order valence-corrected chi connectivity index (χ4v) is 1.78. The number of hydrogen-bond donors (Lipinski definition) is 0. The van der Waals surface area contributed by atoms with E-state index in [0.29, 0.717) is 16.5 Å². The lowest BCUT2D eigenvalue weighted by Crippen LogP contribution is -1.94. The third kappa shape index (κ3) is 2.71. The molecule has 2 rings (SSSR count). The first-order chi connectivity index (χ1) is 8.20. The maximum Gasteiger partial charge on any atom is 0.156 e. The van der Waals surface area contributed by atoms with Crippen LogP contribution in [0.1, 0.15) is 10.4 Å². The molecule has 86 valence electrons. The minimum absolute atomic E-state index is 0.0861. The fraction of sp³-hybridized carbons (Fsp3) is 0. The Morgan fingerprint density at radius 3 is 2.53 bits per heavy atom. The van der Waals surface area contributed by atoms with Gasteiger partial charge in [0.2, 0.25) is 0 Å². The van der Waals surface area contributed by atoms with Crippen LogP contribution >= 0.6 is 15.9 Å². The average molecular weight is 295 g/mol. The van der Waals surface area contributed by atoms with Gasteiger partial charge in [-0.15, -0.1) is 0 Å². The van der Waals surface area contributed by atoms with Crippen LogP contribution < -0.4 is 4.74 Å². The van der Waals surface area contributed by atoms with Crippen LogP contribution in [0.3, 0.4) is 0 Å². The van der Waals surface area contributed by atoms with Gasteiger partial charge in [-0.3, -0.25) is 4.79 Å². The normalized spacial score (nSPS) is 10.0. The van der Waals surface area contributed by atoms with Gasteiger partial charge >= 0.3 is 0 Å². The Morgan fingerprint density at radius 1 is 1.18 bits per heavy atom. The Bertz CT molecular complexity index is 541. The number of hydrogen-bond acceptors (Lipinski definition) is 2. The highest BCUT2D eigenvalue weighted by Gasteiger charge is 2.11. The number of rotatable bonds is 3. The number of ether oxygens (including phenoxy) is 1. The molecule has 2 nitrogen and oxygen atoms in total. The van der Waals surface area contributed by atoms with Crippen LogP contribution in [-0.2, 0) is 0 Å². The molecule has 0 atom stereocenters. The number of aldehydes is 1. The van der Waals surface area contributed by atoms with Crippen molar-refractivity contribution in [1.82, 2.24) is 0 Å². The lowest BCUT2D eigenvalue weighted by molar-refractivity contribution is 0.111. The maximum absolute atomic E-state index is 13.5. The van der Waals surface area contributed by atoms with E-state index in [1.807, 2.05) is 6.07 Å². The third-order valence-corrected chi connectivity index (χ3v) is 2.60. The molecule has 0 unspecified atom stereocenters. The number of para-hydroxylation sites is 1. The molecule has 0 fully saturated rings. The molecule has 0 heterocycles. The number of halogens is 2. The van der Waals surface area contributed by atoms with Crippen molar-refractivity contribution < 1.29 is 13.9 Å². The Balaban J connectivity index is 2.41. The van der Waals surface area contributed by atoms with Crippen LogP contribution in [0.4, 0.5) is 4.39 Å². The first-order valence-electron chi connectivity index (χ1n) is 4.88. The lowest BCUT2D eigenvalue weighted by atomic mass is 10.2. The largest absolute Gasteiger partial charge is 0.456 e. The Morgan fingerprint density at radius 2 is 1.88 bits per heavy atom. The third-order valence-electron chi connectivity index (χ3n) is 2.15. The van der Waals surface area contributed by atoms with Gasteiger partial charge in [-0.25, -0.2) is 4.39 Å². The monoisotopic (exact) mass is 294 g/mol. The summed E-state index contributed by atoms with van der Waals surface area (Å²) in [5.74, 6) is 0.131.